The van der Waals surface area contributed by atoms with E-state index in [1.165, 1.54) is 6.08 Å². The van der Waals surface area contributed by atoms with E-state index in [4.69, 9.17) is 10.8 Å². The largest absolute Gasteiger partial charge is 0.395 e. The van der Waals surface area contributed by atoms with Crippen LogP contribution in [0, 0.1) is 0 Å². The summed E-state index contributed by atoms with van der Waals surface area (Å²) in [5.41, 5.74) is 6.66. The molecule has 0 spiro atoms. The molecule has 114 valence electrons. The summed E-state index contributed by atoms with van der Waals surface area (Å²) in [6, 6.07) is 0. The number of aliphatic hydroxyl groups excluding tert-OH is 1. The molecule has 0 unspecified atom stereocenters. The molecule has 0 aromatic carbocycles. The van der Waals surface area contributed by atoms with E-state index in [2.05, 4.69) is 0 Å². The van der Waals surface area contributed by atoms with Crippen LogP contribution in [0.1, 0.15) is 0 Å². The molecule has 3 heterocycles. The van der Waals surface area contributed by atoms with Gasteiger partial charge in [0.25, 0.3) is 0 Å². The van der Waals surface area contributed by atoms with E-state index >= 15 is 0 Å². The lowest BCUT2D eigenvalue weighted by Crippen LogP contribution is -2.29. The van der Waals surface area contributed by atoms with Crippen molar-refractivity contribution < 1.29 is 14.7 Å². The van der Waals surface area contributed by atoms with Gasteiger partial charge in [0.15, 0.2) is 0 Å². The molecular weight excluding hydrogens is 272 g/mol. The fraction of sp³-hybridized carbons (Fsp3) is 0.571. The van der Waals surface area contributed by atoms with Crippen molar-refractivity contribution in [3.8, 4) is 0 Å². The number of nitrogens with zero attached hydrogens (tertiary/aromatic N) is 3. The van der Waals surface area contributed by atoms with E-state index in [9.17, 15) is 9.59 Å². The van der Waals surface area contributed by atoms with Crippen molar-refractivity contribution in [1.29, 1.82) is 0 Å². The molecular formula is C14H20N4O3. The smallest absolute Gasteiger partial charge is 0.227 e. The molecule has 3 fully saturated rings. The first-order valence-electron chi connectivity index (χ1n) is 7.28. The van der Waals surface area contributed by atoms with Gasteiger partial charge in [0.1, 0.15) is 11.4 Å². The third-order valence-corrected chi connectivity index (χ3v) is 3.62. The van der Waals surface area contributed by atoms with Crippen molar-refractivity contribution in [2.24, 2.45) is 5.73 Å². The Morgan fingerprint density at radius 2 is 1.43 bits per heavy atom. The van der Waals surface area contributed by atoms with Crippen LogP contribution in [-0.4, -0.2) is 83.8 Å². The topological polar surface area (TPSA) is 89.4 Å². The fourth-order valence-corrected chi connectivity index (χ4v) is 2.28. The summed E-state index contributed by atoms with van der Waals surface area (Å²) in [6.07, 6.45) is 1.52. The minimum atomic E-state index is 0.00546. The quantitative estimate of drug-likeness (QED) is 0.463. The molecule has 21 heavy (non-hydrogen) atoms. The first-order valence-corrected chi connectivity index (χ1v) is 7.28. The molecule has 0 aromatic heterocycles. The minimum absolute atomic E-state index is 0.00546. The van der Waals surface area contributed by atoms with Crippen LogP contribution in [-0.2, 0) is 9.59 Å². The maximum absolute atomic E-state index is 12.4. The van der Waals surface area contributed by atoms with Crippen LogP contribution in [0.15, 0.2) is 23.2 Å². The normalized spacial score (nSPS) is 23.0. The van der Waals surface area contributed by atoms with Crippen LogP contribution >= 0.6 is 0 Å². The van der Waals surface area contributed by atoms with Crippen molar-refractivity contribution in [3.05, 3.63) is 23.2 Å². The summed E-state index contributed by atoms with van der Waals surface area (Å²) in [7, 11) is 0. The second-order valence-electron chi connectivity index (χ2n) is 5.39. The summed E-state index contributed by atoms with van der Waals surface area (Å²) in [6.45, 7) is 5.88. The Morgan fingerprint density at radius 1 is 0.952 bits per heavy atom. The van der Waals surface area contributed by atoms with Crippen LogP contribution < -0.4 is 5.73 Å². The molecule has 0 bridgehead atoms. The first-order chi connectivity index (χ1) is 10.2. The van der Waals surface area contributed by atoms with E-state index in [-0.39, 0.29) is 18.2 Å². The van der Waals surface area contributed by atoms with E-state index in [0.29, 0.717) is 23.6 Å². The summed E-state index contributed by atoms with van der Waals surface area (Å²) in [4.78, 5) is 30.5. The highest BCUT2D eigenvalue weighted by molar-refractivity contribution is 6.22. The van der Waals surface area contributed by atoms with Crippen molar-refractivity contribution >= 4 is 11.6 Å². The lowest BCUT2D eigenvalue weighted by atomic mass is 10.0. The molecule has 4 aliphatic rings. The molecule has 1 aliphatic carbocycles. The highest BCUT2D eigenvalue weighted by Crippen LogP contribution is 2.33. The van der Waals surface area contributed by atoms with Crippen molar-refractivity contribution in [3.63, 3.8) is 0 Å². The lowest BCUT2D eigenvalue weighted by Gasteiger charge is -2.21. The molecule has 0 aromatic rings. The van der Waals surface area contributed by atoms with Crippen LogP contribution in [0.2, 0.25) is 0 Å². The van der Waals surface area contributed by atoms with E-state index in [0.717, 1.165) is 39.3 Å². The number of carbonyl (C=O) groups is 2. The van der Waals surface area contributed by atoms with Gasteiger partial charge in [-0.2, -0.15) is 0 Å². The number of hydrogen-bond donors (Lipinski definition) is 2. The third kappa shape index (κ3) is 2.93. The van der Waals surface area contributed by atoms with Gasteiger partial charge in [-0.05, 0) is 0 Å². The second-order valence-corrected chi connectivity index (χ2v) is 5.39. The lowest BCUT2D eigenvalue weighted by molar-refractivity contribution is -0.117. The average Bonchev–Trinajstić information content (AvgIpc) is 3.30. The van der Waals surface area contributed by atoms with Gasteiger partial charge in [-0.3, -0.25) is 9.59 Å². The number of ketones is 2. The zero-order chi connectivity index (χ0) is 15.0. The summed E-state index contributed by atoms with van der Waals surface area (Å²) < 4.78 is 0. The Bertz CT molecular complexity index is 526. The van der Waals surface area contributed by atoms with Gasteiger partial charge < -0.3 is 25.5 Å². The van der Waals surface area contributed by atoms with Gasteiger partial charge in [-0.15, -0.1) is 0 Å². The molecule has 7 heteroatoms. The SMILES string of the molecule is NCCO.O=C1C=C(N2CC2)C(=O)C(N2CC2)=C1N1CC1. The van der Waals surface area contributed by atoms with Gasteiger partial charge in [0.2, 0.25) is 11.6 Å². The van der Waals surface area contributed by atoms with Crippen LogP contribution in [0.25, 0.3) is 0 Å². The number of Topliss-reactive ketones (excluding diaryl/α,β-unsaturated/α-hetero) is 1. The summed E-state index contributed by atoms with van der Waals surface area (Å²) in [5, 5.41) is 7.75. The van der Waals surface area contributed by atoms with Gasteiger partial charge in [0.05, 0.1) is 12.3 Å². The summed E-state index contributed by atoms with van der Waals surface area (Å²) >= 11 is 0. The molecule has 0 amide bonds. The number of hydrogen-bond acceptors (Lipinski definition) is 7. The van der Waals surface area contributed by atoms with Crippen molar-refractivity contribution in [2.75, 3.05) is 52.4 Å². The average molecular weight is 292 g/mol. The number of rotatable bonds is 4. The molecule has 7 nitrogen and oxygen atoms in total. The van der Waals surface area contributed by atoms with E-state index < -0.39 is 0 Å². The van der Waals surface area contributed by atoms with Crippen LogP contribution in [0.4, 0.5) is 0 Å². The highest BCUT2D eigenvalue weighted by atomic mass is 16.3. The number of carbonyl (C=O) groups excluding carboxylic acids is 2. The van der Waals surface area contributed by atoms with Gasteiger partial charge >= 0.3 is 0 Å². The number of nitrogens with two attached hydrogens (primary N) is 1. The number of allylic oxidation sites excluding steroid dienone is 1. The summed E-state index contributed by atoms with van der Waals surface area (Å²) in [5.74, 6) is 0.0485. The predicted molar refractivity (Wildman–Crippen MR) is 76.0 cm³/mol. The molecule has 3 saturated heterocycles. The molecule has 3 aliphatic heterocycles. The minimum Gasteiger partial charge on any atom is -0.395 e. The number of aliphatic hydroxyl groups is 1. The standard InChI is InChI=1S/C12H13N3O2.C2H7NO/c16-9-7-8(13-1-2-13)12(17)11(15-5-6-15)10(9)14-3-4-14;3-1-2-4/h7H,1-6H2;4H,1-3H2. The molecule has 0 saturated carbocycles. The fourth-order valence-electron chi connectivity index (χ4n) is 2.28. The molecule has 3 N–H and O–H groups in total. The van der Waals surface area contributed by atoms with E-state index in [1.54, 1.807) is 0 Å². The zero-order valence-corrected chi connectivity index (χ0v) is 11.9. The first kappa shape index (κ1) is 14.1. The maximum atomic E-state index is 12.4. The maximum Gasteiger partial charge on any atom is 0.227 e. The Morgan fingerprint density at radius 3 is 1.86 bits per heavy atom. The molecule has 0 radical (unpaired) electrons. The zero-order valence-electron chi connectivity index (χ0n) is 11.9. The van der Waals surface area contributed by atoms with Gasteiger partial charge in [0, 0.05) is 51.9 Å². The Kier molecular flexibility index (Phi) is 3.69. The third-order valence-electron chi connectivity index (χ3n) is 3.62. The van der Waals surface area contributed by atoms with Crippen LogP contribution in [0.3, 0.4) is 0 Å². The Hall–Kier alpha value is -1.86. The van der Waals surface area contributed by atoms with E-state index in [1.807, 2.05) is 14.7 Å². The molecule has 4 rings (SSSR count). The second kappa shape index (κ2) is 5.50. The van der Waals surface area contributed by atoms with Crippen molar-refractivity contribution in [2.45, 2.75) is 0 Å². The predicted octanol–water partition coefficient (Wildman–Crippen LogP) is -1.88. The molecule has 0 atom stereocenters. The Balaban J connectivity index is 0.000000298. The van der Waals surface area contributed by atoms with Crippen molar-refractivity contribution in [1.82, 2.24) is 14.7 Å². The Labute approximate surface area is 123 Å². The monoisotopic (exact) mass is 292 g/mol. The van der Waals surface area contributed by atoms with Gasteiger partial charge in [-0.1, -0.05) is 0 Å². The van der Waals surface area contributed by atoms with Gasteiger partial charge in [-0.25, -0.2) is 0 Å². The van der Waals surface area contributed by atoms with Crippen LogP contribution in [0.5, 0.6) is 0 Å². The highest BCUT2D eigenvalue weighted by Gasteiger charge is 2.43.